The summed E-state index contributed by atoms with van der Waals surface area (Å²) in [5, 5.41) is 4.59. The van der Waals surface area contributed by atoms with Gasteiger partial charge in [0.2, 0.25) is 0 Å². The van der Waals surface area contributed by atoms with Gasteiger partial charge in [-0.15, -0.1) is 0 Å². The summed E-state index contributed by atoms with van der Waals surface area (Å²) in [7, 11) is 3.00. The molecule has 4 rings (SSSR count). The highest BCUT2D eigenvalue weighted by Gasteiger charge is 2.28. The van der Waals surface area contributed by atoms with E-state index in [0.29, 0.717) is 0 Å². The summed E-state index contributed by atoms with van der Waals surface area (Å²) in [5.74, 6) is 0.770. The Morgan fingerprint density at radius 2 is 1.80 bits per heavy atom. The second-order valence-corrected chi connectivity index (χ2v) is 5.94. The second kappa shape index (κ2) is 6.09. The van der Waals surface area contributed by atoms with Gasteiger partial charge in [-0.25, -0.2) is 4.79 Å². The Morgan fingerprint density at radius 3 is 2.52 bits per heavy atom. The lowest BCUT2D eigenvalue weighted by molar-refractivity contribution is 0.169. The minimum Gasteiger partial charge on any atom is -0.497 e. The topological polar surface area (TPSA) is 53.4 Å². The van der Waals surface area contributed by atoms with Crippen molar-refractivity contribution in [3.63, 3.8) is 0 Å². The largest absolute Gasteiger partial charge is 0.497 e. The number of rotatable bonds is 2. The van der Waals surface area contributed by atoms with Crippen LogP contribution in [0.5, 0.6) is 5.75 Å². The summed E-state index contributed by atoms with van der Waals surface area (Å²) in [5.41, 5.74) is 5.98. The fourth-order valence-electron chi connectivity index (χ4n) is 3.40. The Morgan fingerprint density at radius 1 is 1.04 bits per heavy atom. The van der Waals surface area contributed by atoms with Crippen molar-refractivity contribution in [1.82, 2.24) is 9.78 Å². The van der Waals surface area contributed by atoms with Gasteiger partial charge in [-0.05, 0) is 42.7 Å². The van der Waals surface area contributed by atoms with Crippen LogP contribution in [0, 0.1) is 0 Å². The Hall–Kier alpha value is -3.08. The Balaban J connectivity index is 1.94. The van der Waals surface area contributed by atoms with Gasteiger partial charge >= 0.3 is 6.09 Å². The van der Waals surface area contributed by atoms with Crippen LogP contribution in [-0.2, 0) is 17.6 Å². The van der Waals surface area contributed by atoms with Crippen molar-refractivity contribution in [3.05, 3.63) is 59.7 Å². The lowest BCUT2D eigenvalue weighted by Crippen LogP contribution is -2.14. The molecule has 1 aliphatic rings. The highest BCUT2D eigenvalue weighted by Crippen LogP contribution is 2.38. The number of benzene rings is 2. The van der Waals surface area contributed by atoms with Gasteiger partial charge in [-0.3, -0.25) is 0 Å². The maximum atomic E-state index is 12.3. The molecular formula is C20H18N2O3. The highest BCUT2D eigenvalue weighted by molar-refractivity contribution is 5.85. The first-order valence-corrected chi connectivity index (χ1v) is 8.16. The lowest BCUT2D eigenvalue weighted by Gasteiger charge is -2.16. The average molecular weight is 334 g/mol. The van der Waals surface area contributed by atoms with E-state index in [0.717, 1.165) is 46.7 Å². The number of aryl methyl sites for hydroxylation is 1. The molecule has 0 radical (unpaired) electrons. The summed E-state index contributed by atoms with van der Waals surface area (Å²) in [6.07, 6.45) is 1.28. The van der Waals surface area contributed by atoms with Crippen LogP contribution in [0.25, 0.3) is 22.5 Å². The highest BCUT2D eigenvalue weighted by atomic mass is 16.5. The number of ether oxygens (including phenoxy) is 2. The van der Waals surface area contributed by atoms with E-state index in [1.165, 1.54) is 17.4 Å². The van der Waals surface area contributed by atoms with Crippen LogP contribution in [0.1, 0.15) is 11.1 Å². The monoisotopic (exact) mass is 334 g/mol. The fourth-order valence-corrected chi connectivity index (χ4v) is 3.40. The minimum atomic E-state index is -0.488. The standard InChI is InChI=1S/C20H18N2O3/c1-24-15-10-7-14(8-11-15)19-17-12-9-13-5-3-4-6-16(13)18(17)21-22(19)20(23)25-2/h3-8,10-11H,9,12H2,1-2H3. The van der Waals surface area contributed by atoms with Crippen molar-refractivity contribution in [2.75, 3.05) is 14.2 Å². The normalized spacial score (nSPS) is 12.2. The molecule has 0 saturated carbocycles. The third-order valence-corrected chi connectivity index (χ3v) is 4.61. The molecule has 0 spiro atoms. The Bertz CT molecular complexity index is 942. The number of hydrogen-bond acceptors (Lipinski definition) is 4. The van der Waals surface area contributed by atoms with E-state index in [9.17, 15) is 4.79 Å². The van der Waals surface area contributed by atoms with Crippen LogP contribution in [-0.4, -0.2) is 30.1 Å². The first-order chi connectivity index (χ1) is 12.2. The molecule has 0 atom stereocenters. The molecule has 1 aromatic heterocycles. The van der Waals surface area contributed by atoms with E-state index in [-0.39, 0.29) is 0 Å². The van der Waals surface area contributed by atoms with Crippen LogP contribution in [0.4, 0.5) is 4.79 Å². The Kier molecular flexibility index (Phi) is 3.76. The lowest BCUT2D eigenvalue weighted by atomic mass is 9.88. The SMILES string of the molecule is COC(=O)n1nc2c(c1-c1ccc(OC)cc1)CCc1ccccc1-2. The zero-order chi connectivity index (χ0) is 17.4. The van der Waals surface area contributed by atoms with Crippen LogP contribution < -0.4 is 4.74 Å². The fraction of sp³-hybridized carbons (Fsp3) is 0.200. The molecule has 1 aliphatic carbocycles. The van der Waals surface area contributed by atoms with Gasteiger partial charge in [0.15, 0.2) is 0 Å². The van der Waals surface area contributed by atoms with E-state index >= 15 is 0 Å². The van der Waals surface area contributed by atoms with Crippen molar-refractivity contribution in [2.24, 2.45) is 0 Å². The number of carbonyl (C=O) groups excluding carboxylic acids is 1. The van der Waals surface area contributed by atoms with E-state index < -0.39 is 6.09 Å². The van der Waals surface area contributed by atoms with E-state index in [1.54, 1.807) is 7.11 Å². The van der Waals surface area contributed by atoms with Crippen LogP contribution in [0.2, 0.25) is 0 Å². The smallest absolute Gasteiger partial charge is 0.435 e. The molecule has 25 heavy (non-hydrogen) atoms. The van der Waals surface area contributed by atoms with Crippen LogP contribution >= 0.6 is 0 Å². The van der Waals surface area contributed by atoms with E-state index in [2.05, 4.69) is 17.2 Å². The third kappa shape index (κ3) is 2.48. The van der Waals surface area contributed by atoms with Gasteiger partial charge in [-0.1, -0.05) is 24.3 Å². The molecule has 0 N–H and O–H groups in total. The van der Waals surface area contributed by atoms with Gasteiger partial charge in [0.25, 0.3) is 0 Å². The summed E-state index contributed by atoms with van der Waals surface area (Å²) < 4.78 is 11.5. The third-order valence-electron chi connectivity index (χ3n) is 4.61. The molecule has 3 aromatic rings. The van der Waals surface area contributed by atoms with Crippen LogP contribution in [0.3, 0.4) is 0 Å². The average Bonchev–Trinajstić information content (AvgIpc) is 3.07. The first kappa shape index (κ1) is 15.4. The number of aromatic nitrogens is 2. The number of fused-ring (bicyclic) bond motifs is 3. The summed E-state index contributed by atoms with van der Waals surface area (Å²) in [6.45, 7) is 0. The van der Waals surface area contributed by atoms with Gasteiger partial charge in [-0.2, -0.15) is 9.78 Å². The maximum Gasteiger partial charge on any atom is 0.435 e. The van der Waals surface area contributed by atoms with Crippen molar-refractivity contribution < 1.29 is 14.3 Å². The molecule has 0 bridgehead atoms. The van der Waals surface area contributed by atoms with E-state index in [4.69, 9.17) is 9.47 Å². The van der Waals surface area contributed by atoms with Gasteiger partial charge < -0.3 is 9.47 Å². The number of hydrogen-bond donors (Lipinski definition) is 0. The molecular weight excluding hydrogens is 316 g/mol. The van der Waals surface area contributed by atoms with Crippen molar-refractivity contribution in [1.29, 1.82) is 0 Å². The van der Waals surface area contributed by atoms with E-state index in [1.807, 2.05) is 36.4 Å². The predicted octanol–water partition coefficient (Wildman–Crippen LogP) is 3.94. The number of nitrogens with zero attached hydrogens (tertiary/aromatic N) is 2. The summed E-state index contributed by atoms with van der Waals surface area (Å²) in [4.78, 5) is 12.3. The molecule has 0 amide bonds. The quantitative estimate of drug-likeness (QED) is 0.712. The molecule has 1 heterocycles. The van der Waals surface area contributed by atoms with Gasteiger partial charge in [0, 0.05) is 16.7 Å². The summed E-state index contributed by atoms with van der Waals surface area (Å²) in [6, 6.07) is 15.8. The molecule has 0 unspecified atom stereocenters. The van der Waals surface area contributed by atoms with Crippen molar-refractivity contribution >= 4 is 6.09 Å². The molecule has 0 aliphatic heterocycles. The van der Waals surface area contributed by atoms with Crippen molar-refractivity contribution in [2.45, 2.75) is 12.8 Å². The number of carbonyl (C=O) groups is 1. The first-order valence-electron chi connectivity index (χ1n) is 8.16. The van der Waals surface area contributed by atoms with Gasteiger partial charge in [0.05, 0.1) is 25.6 Å². The molecule has 5 heteroatoms. The second-order valence-electron chi connectivity index (χ2n) is 5.94. The number of methoxy groups -OCH3 is 2. The molecule has 5 nitrogen and oxygen atoms in total. The zero-order valence-electron chi connectivity index (χ0n) is 14.2. The molecule has 0 fully saturated rings. The Labute approximate surface area is 145 Å². The van der Waals surface area contributed by atoms with Crippen LogP contribution in [0.15, 0.2) is 48.5 Å². The predicted molar refractivity (Wildman–Crippen MR) is 94.9 cm³/mol. The van der Waals surface area contributed by atoms with Crippen molar-refractivity contribution in [3.8, 4) is 28.3 Å². The maximum absolute atomic E-state index is 12.3. The molecule has 0 saturated heterocycles. The van der Waals surface area contributed by atoms with Gasteiger partial charge in [0.1, 0.15) is 5.75 Å². The zero-order valence-corrected chi connectivity index (χ0v) is 14.2. The molecule has 2 aromatic carbocycles. The minimum absolute atomic E-state index is 0.488. The molecule has 126 valence electrons. The summed E-state index contributed by atoms with van der Waals surface area (Å²) >= 11 is 0.